The summed E-state index contributed by atoms with van der Waals surface area (Å²) in [7, 11) is 2.17. The van der Waals surface area contributed by atoms with Crippen LogP contribution in [0.1, 0.15) is 55.5 Å². The third-order valence-electron chi connectivity index (χ3n) is 4.70. The summed E-state index contributed by atoms with van der Waals surface area (Å²) in [5.74, 6) is 0. The molecule has 1 heterocycles. The molecule has 2 aromatic rings. The molecule has 0 unspecified atom stereocenters. The molecule has 0 aliphatic carbocycles. The summed E-state index contributed by atoms with van der Waals surface area (Å²) >= 11 is 0. The van der Waals surface area contributed by atoms with Crippen molar-refractivity contribution < 1.29 is 4.57 Å². The van der Waals surface area contributed by atoms with Gasteiger partial charge in [-0.05, 0) is 49.9 Å². The zero-order valence-electron chi connectivity index (χ0n) is 15.3. The maximum Gasteiger partial charge on any atom is 0.212 e. The average molecular weight is 308 g/mol. The van der Waals surface area contributed by atoms with E-state index in [4.69, 9.17) is 0 Å². The summed E-state index contributed by atoms with van der Waals surface area (Å²) in [5, 5.41) is 0. The first-order valence-electron chi connectivity index (χ1n) is 8.80. The van der Waals surface area contributed by atoms with Crippen LogP contribution < -0.4 is 4.57 Å². The topological polar surface area (TPSA) is 3.88 Å². The quantitative estimate of drug-likeness (QED) is 0.486. The van der Waals surface area contributed by atoms with Crippen molar-refractivity contribution in [3.63, 3.8) is 0 Å². The van der Waals surface area contributed by atoms with E-state index >= 15 is 0 Å². The molecule has 0 amide bonds. The van der Waals surface area contributed by atoms with Gasteiger partial charge in [0.25, 0.3) is 0 Å². The molecule has 0 aliphatic rings. The Balaban J connectivity index is 2.41. The van der Waals surface area contributed by atoms with E-state index in [2.05, 4.69) is 81.8 Å². The highest BCUT2D eigenvalue weighted by molar-refractivity contribution is 5.63. The molecule has 0 bridgehead atoms. The number of nitrogens with zero attached hydrogens (tertiary/aromatic N) is 1. The molecule has 122 valence electrons. The van der Waals surface area contributed by atoms with Crippen molar-refractivity contribution in [3.8, 4) is 11.3 Å². The van der Waals surface area contributed by atoms with Crippen LogP contribution in [0.25, 0.3) is 17.3 Å². The summed E-state index contributed by atoms with van der Waals surface area (Å²) in [4.78, 5) is 0. The molecule has 1 aromatic carbocycles. The number of aryl methyl sites for hydroxylation is 2. The van der Waals surface area contributed by atoms with Gasteiger partial charge in [0.15, 0.2) is 5.69 Å². The molecule has 0 N–H and O–H groups in total. The summed E-state index contributed by atoms with van der Waals surface area (Å²) in [5.41, 5.74) is 8.04. The number of allylic oxidation sites excluding steroid dienone is 1. The Morgan fingerprint density at radius 1 is 1.04 bits per heavy atom. The van der Waals surface area contributed by atoms with E-state index in [1.54, 1.807) is 0 Å². The lowest BCUT2D eigenvalue weighted by atomic mass is 9.97. The van der Waals surface area contributed by atoms with Crippen LogP contribution in [0.2, 0.25) is 0 Å². The first-order chi connectivity index (χ1) is 11.1. The Kier molecular flexibility index (Phi) is 6.15. The smallest absolute Gasteiger partial charge is 0.198 e. The molecule has 0 spiro atoms. The minimum absolute atomic E-state index is 1.18. The monoisotopic (exact) mass is 308 g/mol. The molecule has 23 heavy (non-hydrogen) atoms. The molecular formula is C22H30N+. The van der Waals surface area contributed by atoms with Crippen LogP contribution in [0.5, 0.6) is 0 Å². The van der Waals surface area contributed by atoms with Gasteiger partial charge >= 0.3 is 0 Å². The Bertz CT molecular complexity index is 695. The summed E-state index contributed by atoms with van der Waals surface area (Å²) in [6.45, 7) is 8.73. The van der Waals surface area contributed by atoms with Crippen molar-refractivity contribution in [1.82, 2.24) is 0 Å². The van der Waals surface area contributed by atoms with Gasteiger partial charge in [0.05, 0.1) is 0 Å². The molecule has 0 saturated carbocycles. The zero-order chi connectivity index (χ0) is 16.8. The lowest BCUT2D eigenvalue weighted by molar-refractivity contribution is -0.666. The van der Waals surface area contributed by atoms with Crippen molar-refractivity contribution in [3.05, 3.63) is 58.8 Å². The molecule has 1 aromatic heterocycles. The van der Waals surface area contributed by atoms with Gasteiger partial charge in [0, 0.05) is 24.1 Å². The zero-order valence-corrected chi connectivity index (χ0v) is 15.3. The molecule has 0 aliphatic heterocycles. The molecule has 0 fully saturated rings. The highest BCUT2D eigenvalue weighted by Crippen LogP contribution is 2.24. The molecular weight excluding hydrogens is 278 g/mol. The van der Waals surface area contributed by atoms with Gasteiger partial charge in [-0.15, -0.1) is 0 Å². The molecule has 0 saturated heterocycles. The summed E-state index contributed by atoms with van der Waals surface area (Å²) in [6, 6.07) is 11.4. The van der Waals surface area contributed by atoms with Crippen LogP contribution in [-0.4, -0.2) is 0 Å². The lowest BCUT2D eigenvalue weighted by Crippen LogP contribution is -2.35. The van der Waals surface area contributed by atoms with Crippen molar-refractivity contribution in [2.75, 3.05) is 0 Å². The van der Waals surface area contributed by atoms with E-state index in [0.29, 0.717) is 0 Å². The third-order valence-corrected chi connectivity index (χ3v) is 4.70. The van der Waals surface area contributed by atoms with Gasteiger partial charge < -0.3 is 0 Å². The second-order valence-corrected chi connectivity index (χ2v) is 6.42. The van der Waals surface area contributed by atoms with E-state index in [1.807, 2.05) is 0 Å². The Labute approximate surface area is 141 Å². The van der Waals surface area contributed by atoms with Crippen molar-refractivity contribution in [1.29, 1.82) is 0 Å². The highest BCUT2D eigenvalue weighted by Gasteiger charge is 2.16. The van der Waals surface area contributed by atoms with E-state index < -0.39 is 0 Å². The minimum atomic E-state index is 1.18. The predicted octanol–water partition coefficient (Wildman–Crippen LogP) is 5.56. The molecule has 0 atom stereocenters. The van der Waals surface area contributed by atoms with Crippen LogP contribution in [0.4, 0.5) is 0 Å². The van der Waals surface area contributed by atoms with E-state index in [1.165, 1.54) is 59.3 Å². The van der Waals surface area contributed by atoms with Crippen molar-refractivity contribution in [2.45, 2.75) is 53.4 Å². The van der Waals surface area contributed by atoms with Gasteiger partial charge in [0.1, 0.15) is 7.05 Å². The molecule has 0 radical (unpaired) electrons. The van der Waals surface area contributed by atoms with Gasteiger partial charge in [-0.2, -0.15) is 4.57 Å². The maximum atomic E-state index is 2.38. The Morgan fingerprint density at radius 3 is 2.52 bits per heavy atom. The van der Waals surface area contributed by atoms with Gasteiger partial charge in [-0.25, -0.2) is 0 Å². The SMILES string of the molecule is CC=Cc1ccc(-c2cc(CCCCC)ccc2C)[n+](C)c1C. The van der Waals surface area contributed by atoms with Gasteiger partial charge in [-0.1, -0.05) is 44.1 Å². The second kappa shape index (κ2) is 8.10. The Morgan fingerprint density at radius 2 is 1.83 bits per heavy atom. The number of rotatable bonds is 6. The number of unbranched alkanes of at least 4 members (excludes halogenated alkanes) is 2. The number of pyridine rings is 1. The van der Waals surface area contributed by atoms with Crippen molar-refractivity contribution >= 4 is 6.08 Å². The van der Waals surface area contributed by atoms with Crippen molar-refractivity contribution in [2.24, 2.45) is 7.05 Å². The molecule has 1 nitrogen and oxygen atoms in total. The lowest BCUT2D eigenvalue weighted by Gasteiger charge is -2.10. The van der Waals surface area contributed by atoms with Crippen LogP contribution in [-0.2, 0) is 13.5 Å². The van der Waals surface area contributed by atoms with Crippen LogP contribution in [0.3, 0.4) is 0 Å². The maximum absolute atomic E-state index is 2.38. The fourth-order valence-corrected chi connectivity index (χ4v) is 3.08. The first kappa shape index (κ1) is 17.5. The summed E-state index contributed by atoms with van der Waals surface area (Å²) < 4.78 is 2.31. The van der Waals surface area contributed by atoms with E-state index in [-0.39, 0.29) is 0 Å². The summed E-state index contributed by atoms with van der Waals surface area (Å²) in [6.07, 6.45) is 9.33. The van der Waals surface area contributed by atoms with Crippen LogP contribution in [0, 0.1) is 13.8 Å². The number of hydrogen-bond donors (Lipinski definition) is 0. The second-order valence-electron chi connectivity index (χ2n) is 6.42. The van der Waals surface area contributed by atoms with Crippen LogP contribution in [0.15, 0.2) is 36.4 Å². The first-order valence-corrected chi connectivity index (χ1v) is 8.80. The van der Waals surface area contributed by atoms with E-state index in [0.717, 1.165) is 0 Å². The van der Waals surface area contributed by atoms with E-state index in [9.17, 15) is 0 Å². The Hall–Kier alpha value is -1.89. The number of benzene rings is 1. The number of hydrogen-bond acceptors (Lipinski definition) is 0. The predicted molar refractivity (Wildman–Crippen MR) is 100 cm³/mol. The fourth-order valence-electron chi connectivity index (χ4n) is 3.08. The average Bonchev–Trinajstić information content (AvgIpc) is 2.54. The molecule has 1 heteroatoms. The highest BCUT2D eigenvalue weighted by atomic mass is 14.9. The minimum Gasteiger partial charge on any atom is -0.198 e. The fraction of sp³-hybridized carbons (Fsp3) is 0.409. The molecule has 2 rings (SSSR count). The van der Waals surface area contributed by atoms with Crippen LogP contribution >= 0.6 is 0 Å². The number of aromatic nitrogens is 1. The van der Waals surface area contributed by atoms with Gasteiger partial charge in [-0.3, -0.25) is 0 Å². The van der Waals surface area contributed by atoms with Gasteiger partial charge in [0.2, 0.25) is 5.69 Å². The standard InChI is InChI=1S/C22H30N/c1-6-8-9-11-19-13-12-17(3)21(16-19)22-15-14-20(10-7-2)18(4)23(22)5/h7,10,12-16H,6,8-9,11H2,1-5H3/q+1. The third kappa shape index (κ3) is 4.10. The normalized spacial score (nSPS) is 11.3. The largest absolute Gasteiger partial charge is 0.212 e.